The predicted molar refractivity (Wildman–Crippen MR) is 72.9 cm³/mol. The van der Waals surface area contributed by atoms with Crippen molar-refractivity contribution < 1.29 is 4.79 Å². The fourth-order valence-corrected chi connectivity index (χ4v) is 3.24. The first-order valence-corrected chi connectivity index (χ1v) is 7.35. The van der Waals surface area contributed by atoms with Gasteiger partial charge in [0.1, 0.15) is 6.54 Å². The predicted octanol–water partition coefficient (Wildman–Crippen LogP) is 1.75. The number of nitrogens with zero attached hydrogens (tertiary/aromatic N) is 4. The third-order valence-electron chi connectivity index (χ3n) is 3.43. The fraction of sp³-hybridized carbons (Fsp3) is 0.462. The Morgan fingerprint density at radius 3 is 3.16 bits per heavy atom. The Labute approximate surface area is 115 Å². The summed E-state index contributed by atoms with van der Waals surface area (Å²) in [6.07, 6.45) is 7.53. The maximum Gasteiger partial charge on any atom is 0.244 e. The van der Waals surface area contributed by atoms with E-state index in [1.807, 2.05) is 28.7 Å². The summed E-state index contributed by atoms with van der Waals surface area (Å²) in [7, 11) is 0. The van der Waals surface area contributed by atoms with Gasteiger partial charge in [0.15, 0.2) is 0 Å². The minimum atomic E-state index is 0.143. The van der Waals surface area contributed by atoms with E-state index in [1.54, 1.807) is 22.2 Å². The average Bonchev–Trinajstić information content (AvgIpc) is 3.12. The molecule has 1 fully saturated rings. The van der Waals surface area contributed by atoms with Gasteiger partial charge in [-0.1, -0.05) is 0 Å². The number of thiazole rings is 1. The summed E-state index contributed by atoms with van der Waals surface area (Å²) in [5.74, 6) is 0.542. The lowest BCUT2D eigenvalue weighted by Crippen LogP contribution is -2.40. The normalized spacial score (nSPS) is 19.6. The van der Waals surface area contributed by atoms with Crippen molar-refractivity contribution in [1.82, 2.24) is 19.7 Å². The molecule has 0 aromatic carbocycles. The molecule has 0 unspecified atom stereocenters. The van der Waals surface area contributed by atoms with Crippen LogP contribution in [-0.4, -0.2) is 38.7 Å². The second-order valence-corrected chi connectivity index (χ2v) is 5.68. The Morgan fingerprint density at radius 1 is 1.47 bits per heavy atom. The van der Waals surface area contributed by atoms with Crippen LogP contribution in [0.3, 0.4) is 0 Å². The zero-order valence-corrected chi connectivity index (χ0v) is 11.4. The van der Waals surface area contributed by atoms with Crippen LogP contribution >= 0.6 is 11.3 Å². The minimum Gasteiger partial charge on any atom is -0.340 e. The van der Waals surface area contributed by atoms with Gasteiger partial charge in [-0.2, -0.15) is 5.10 Å². The number of carbonyl (C=O) groups is 1. The van der Waals surface area contributed by atoms with E-state index in [0.717, 1.165) is 30.9 Å². The molecule has 0 radical (unpaired) electrons. The van der Waals surface area contributed by atoms with Crippen LogP contribution in [0.25, 0.3) is 0 Å². The molecular formula is C13H16N4OS. The van der Waals surface area contributed by atoms with Crippen molar-refractivity contribution in [2.24, 2.45) is 0 Å². The lowest BCUT2D eigenvalue weighted by molar-refractivity contribution is -0.133. The summed E-state index contributed by atoms with van der Waals surface area (Å²) < 4.78 is 1.68. The zero-order chi connectivity index (χ0) is 13.1. The number of piperidine rings is 1. The zero-order valence-electron chi connectivity index (χ0n) is 10.6. The average molecular weight is 276 g/mol. The molecule has 1 aliphatic rings. The first kappa shape index (κ1) is 12.3. The molecular weight excluding hydrogens is 260 g/mol. The number of hydrogen-bond donors (Lipinski definition) is 0. The van der Waals surface area contributed by atoms with Gasteiger partial charge in [-0.25, -0.2) is 4.98 Å². The third kappa shape index (κ3) is 2.84. The lowest BCUT2D eigenvalue weighted by Gasteiger charge is -2.31. The van der Waals surface area contributed by atoms with E-state index in [4.69, 9.17) is 0 Å². The van der Waals surface area contributed by atoms with Gasteiger partial charge in [-0.3, -0.25) is 9.48 Å². The van der Waals surface area contributed by atoms with E-state index in [0.29, 0.717) is 12.5 Å². The molecule has 0 aliphatic carbocycles. The maximum absolute atomic E-state index is 12.2. The smallest absolute Gasteiger partial charge is 0.244 e. The van der Waals surface area contributed by atoms with Crippen molar-refractivity contribution in [2.75, 3.05) is 13.1 Å². The molecule has 3 rings (SSSR count). The molecule has 0 bridgehead atoms. The highest BCUT2D eigenvalue weighted by atomic mass is 32.1. The highest BCUT2D eigenvalue weighted by molar-refractivity contribution is 7.09. The molecule has 1 saturated heterocycles. The van der Waals surface area contributed by atoms with Crippen molar-refractivity contribution in [3.05, 3.63) is 35.0 Å². The SMILES string of the molecule is O=C(Cn1cccn1)N1CCC[C@H](c2nccs2)C1. The first-order chi connectivity index (χ1) is 9.33. The van der Waals surface area contributed by atoms with Crippen molar-refractivity contribution in [3.63, 3.8) is 0 Å². The summed E-state index contributed by atoms with van der Waals surface area (Å²) in [4.78, 5) is 18.5. The van der Waals surface area contributed by atoms with Crippen molar-refractivity contribution in [2.45, 2.75) is 25.3 Å². The number of carbonyl (C=O) groups excluding carboxylic acids is 1. The van der Waals surface area contributed by atoms with Crippen LogP contribution in [-0.2, 0) is 11.3 Å². The van der Waals surface area contributed by atoms with Crippen LogP contribution in [0.2, 0.25) is 0 Å². The standard InChI is InChI=1S/C13H16N4OS/c18-12(10-17-7-2-4-15-17)16-6-1-3-11(9-16)13-14-5-8-19-13/h2,4-5,7-8,11H,1,3,6,9-10H2/t11-/m0/s1. The third-order valence-corrected chi connectivity index (χ3v) is 4.37. The first-order valence-electron chi connectivity index (χ1n) is 6.47. The van der Waals surface area contributed by atoms with Crippen LogP contribution in [0.5, 0.6) is 0 Å². The van der Waals surface area contributed by atoms with Crippen LogP contribution in [0.1, 0.15) is 23.8 Å². The molecule has 2 aromatic rings. The van der Waals surface area contributed by atoms with Gasteiger partial charge in [0.05, 0.1) is 5.01 Å². The summed E-state index contributed by atoms with van der Waals surface area (Å²) in [5, 5.41) is 7.23. The highest BCUT2D eigenvalue weighted by Gasteiger charge is 2.26. The Hall–Kier alpha value is -1.69. The molecule has 0 N–H and O–H groups in total. The second kappa shape index (κ2) is 5.52. The minimum absolute atomic E-state index is 0.143. The van der Waals surface area contributed by atoms with Crippen LogP contribution < -0.4 is 0 Å². The summed E-state index contributed by atoms with van der Waals surface area (Å²) in [6, 6.07) is 1.84. The second-order valence-electron chi connectivity index (χ2n) is 4.75. The largest absolute Gasteiger partial charge is 0.340 e. The molecule has 2 aromatic heterocycles. The van der Waals surface area contributed by atoms with Crippen molar-refractivity contribution in [3.8, 4) is 0 Å². The summed E-state index contributed by atoms with van der Waals surface area (Å²) in [5.41, 5.74) is 0. The van der Waals surface area contributed by atoms with Crippen molar-refractivity contribution in [1.29, 1.82) is 0 Å². The molecule has 1 amide bonds. The van der Waals surface area contributed by atoms with Gasteiger partial charge in [0.25, 0.3) is 0 Å². The molecule has 100 valence electrons. The molecule has 5 nitrogen and oxygen atoms in total. The number of aromatic nitrogens is 3. The summed E-state index contributed by atoms with van der Waals surface area (Å²) >= 11 is 1.68. The number of likely N-dealkylation sites (tertiary alicyclic amines) is 1. The van der Waals surface area contributed by atoms with E-state index >= 15 is 0 Å². The molecule has 3 heterocycles. The van der Waals surface area contributed by atoms with Crippen LogP contribution in [0, 0.1) is 0 Å². The molecule has 19 heavy (non-hydrogen) atoms. The van der Waals surface area contributed by atoms with Gasteiger partial charge in [-0.15, -0.1) is 11.3 Å². The Balaban J connectivity index is 1.63. The van der Waals surface area contributed by atoms with E-state index in [1.165, 1.54) is 0 Å². The molecule has 0 spiro atoms. The van der Waals surface area contributed by atoms with Gasteiger partial charge in [0, 0.05) is 43.0 Å². The van der Waals surface area contributed by atoms with Gasteiger partial charge >= 0.3 is 0 Å². The van der Waals surface area contributed by atoms with Gasteiger partial charge < -0.3 is 4.90 Å². The van der Waals surface area contributed by atoms with Crippen molar-refractivity contribution >= 4 is 17.2 Å². The molecule has 6 heteroatoms. The van der Waals surface area contributed by atoms with Crippen LogP contribution in [0.4, 0.5) is 0 Å². The Kier molecular flexibility index (Phi) is 3.59. The van der Waals surface area contributed by atoms with E-state index in [9.17, 15) is 4.79 Å². The number of hydrogen-bond acceptors (Lipinski definition) is 4. The Bertz CT molecular complexity index is 523. The van der Waals surface area contributed by atoms with Gasteiger partial charge in [0.2, 0.25) is 5.91 Å². The highest BCUT2D eigenvalue weighted by Crippen LogP contribution is 2.28. The van der Waals surface area contributed by atoms with E-state index in [-0.39, 0.29) is 5.91 Å². The number of rotatable bonds is 3. The molecule has 0 saturated carbocycles. The summed E-state index contributed by atoms with van der Waals surface area (Å²) in [6.45, 7) is 1.97. The molecule has 1 aliphatic heterocycles. The monoisotopic (exact) mass is 276 g/mol. The topological polar surface area (TPSA) is 51.0 Å². The van der Waals surface area contributed by atoms with E-state index < -0.39 is 0 Å². The Morgan fingerprint density at radius 2 is 2.42 bits per heavy atom. The fourth-order valence-electron chi connectivity index (χ4n) is 2.47. The molecule has 1 atom stereocenters. The van der Waals surface area contributed by atoms with Crippen LogP contribution in [0.15, 0.2) is 30.0 Å². The number of amides is 1. The lowest BCUT2D eigenvalue weighted by atomic mass is 9.99. The van der Waals surface area contributed by atoms with E-state index in [2.05, 4.69) is 10.1 Å². The maximum atomic E-state index is 12.2. The quantitative estimate of drug-likeness (QED) is 0.858. The van der Waals surface area contributed by atoms with Gasteiger partial charge in [-0.05, 0) is 18.9 Å².